The predicted octanol–water partition coefficient (Wildman–Crippen LogP) is 3.55. The molecule has 0 N–H and O–H groups in total. The van der Waals surface area contributed by atoms with Gasteiger partial charge in [-0.05, 0) is 30.7 Å². The second-order valence-corrected chi connectivity index (χ2v) is 5.24. The summed E-state index contributed by atoms with van der Waals surface area (Å²) in [7, 11) is 0. The summed E-state index contributed by atoms with van der Waals surface area (Å²) in [4.78, 5) is 12.2. The molecule has 1 aromatic carbocycles. The fraction of sp³-hybridized carbons (Fsp3) is 0.533. The average Bonchev–Trinajstić information content (AvgIpc) is 2.95. The standard InChI is InChI=1S/C15H18O/c16-15(12-8-4-5-9-12)14-10-13(14)11-6-2-1-3-7-11/h1-3,6-7,12-14H,4-5,8-10H2. The van der Waals surface area contributed by atoms with E-state index < -0.39 is 0 Å². The van der Waals surface area contributed by atoms with Gasteiger partial charge < -0.3 is 0 Å². The number of carbonyl (C=O) groups excluding carboxylic acids is 1. The van der Waals surface area contributed by atoms with Crippen molar-refractivity contribution in [1.82, 2.24) is 0 Å². The molecule has 0 amide bonds. The fourth-order valence-corrected chi connectivity index (χ4v) is 3.09. The highest BCUT2D eigenvalue weighted by molar-refractivity contribution is 5.87. The van der Waals surface area contributed by atoms with Gasteiger partial charge in [-0.1, -0.05) is 43.2 Å². The maximum absolute atomic E-state index is 12.2. The lowest BCUT2D eigenvalue weighted by molar-refractivity contribution is -0.124. The Morgan fingerprint density at radius 3 is 2.44 bits per heavy atom. The van der Waals surface area contributed by atoms with Crippen molar-refractivity contribution < 1.29 is 4.79 Å². The normalized spacial score (nSPS) is 29.2. The highest BCUT2D eigenvalue weighted by Gasteiger charge is 2.45. The number of carbonyl (C=O) groups is 1. The summed E-state index contributed by atoms with van der Waals surface area (Å²) in [6.07, 6.45) is 5.92. The molecular weight excluding hydrogens is 196 g/mol. The first-order chi connectivity index (χ1) is 7.86. The molecule has 2 atom stereocenters. The van der Waals surface area contributed by atoms with Crippen molar-refractivity contribution in [3.05, 3.63) is 35.9 Å². The zero-order chi connectivity index (χ0) is 11.0. The first-order valence-electron chi connectivity index (χ1n) is 6.45. The number of rotatable bonds is 3. The van der Waals surface area contributed by atoms with E-state index in [2.05, 4.69) is 24.3 Å². The molecule has 0 saturated heterocycles. The molecular formula is C15H18O. The van der Waals surface area contributed by atoms with Crippen LogP contribution in [0, 0.1) is 11.8 Å². The molecule has 0 spiro atoms. The minimum atomic E-state index is 0.352. The van der Waals surface area contributed by atoms with Crippen LogP contribution >= 0.6 is 0 Å². The molecule has 84 valence electrons. The number of hydrogen-bond donors (Lipinski definition) is 0. The lowest BCUT2D eigenvalue weighted by atomic mass is 9.96. The van der Waals surface area contributed by atoms with E-state index in [0.29, 0.717) is 23.5 Å². The van der Waals surface area contributed by atoms with Crippen molar-refractivity contribution >= 4 is 5.78 Å². The second-order valence-electron chi connectivity index (χ2n) is 5.24. The molecule has 2 fully saturated rings. The summed E-state index contributed by atoms with van der Waals surface area (Å²) in [5.74, 6) is 1.85. The molecule has 3 rings (SSSR count). The molecule has 0 heterocycles. The molecule has 1 aromatic rings. The van der Waals surface area contributed by atoms with Crippen LogP contribution in [0.4, 0.5) is 0 Å². The average molecular weight is 214 g/mol. The Morgan fingerprint density at radius 1 is 1.06 bits per heavy atom. The van der Waals surface area contributed by atoms with Crippen molar-refractivity contribution in [3.63, 3.8) is 0 Å². The van der Waals surface area contributed by atoms with Gasteiger partial charge in [-0.15, -0.1) is 0 Å². The molecule has 0 aliphatic heterocycles. The van der Waals surface area contributed by atoms with Crippen molar-refractivity contribution in [2.24, 2.45) is 11.8 Å². The zero-order valence-corrected chi connectivity index (χ0v) is 9.56. The molecule has 2 aliphatic rings. The number of Topliss-reactive ketones (excluding diaryl/α,β-unsaturated/α-hetero) is 1. The number of ketones is 1. The van der Waals surface area contributed by atoms with E-state index in [1.807, 2.05) is 6.07 Å². The van der Waals surface area contributed by atoms with Crippen molar-refractivity contribution in [3.8, 4) is 0 Å². The van der Waals surface area contributed by atoms with Gasteiger partial charge in [0, 0.05) is 11.8 Å². The largest absolute Gasteiger partial charge is 0.299 e. The van der Waals surface area contributed by atoms with E-state index in [1.165, 1.54) is 18.4 Å². The Hall–Kier alpha value is -1.11. The van der Waals surface area contributed by atoms with Crippen LogP contribution in [0.3, 0.4) is 0 Å². The third-order valence-corrected chi connectivity index (χ3v) is 4.14. The van der Waals surface area contributed by atoms with Crippen molar-refractivity contribution in [2.45, 2.75) is 38.0 Å². The van der Waals surface area contributed by atoms with Crippen LogP contribution in [-0.4, -0.2) is 5.78 Å². The van der Waals surface area contributed by atoms with Crippen LogP contribution in [-0.2, 0) is 4.79 Å². The van der Waals surface area contributed by atoms with E-state index in [-0.39, 0.29) is 0 Å². The van der Waals surface area contributed by atoms with Gasteiger partial charge in [0.05, 0.1) is 0 Å². The molecule has 0 aromatic heterocycles. The molecule has 16 heavy (non-hydrogen) atoms. The van der Waals surface area contributed by atoms with Crippen molar-refractivity contribution in [2.75, 3.05) is 0 Å². The van der Waals surface area contributed by atoms with Gasteiger partial charge in [0.25, 0.3) is 0 Å². The summed E-state index contributed by atoms with van der Waals surface area (Å²) in [6.45, 7) is 0. The summed E-state index contributed by atoms with van der Waals surface area (Å²) in [5, 5.41) is 0. The van der Waals surface area contributed by atoms with E-state index >= 15 is 0 Å². The maximum atomic E-state index is 12.2. The van der Waals surface area contributed by atoms with Gasteiger partial charge in [0.1, 0.15) is 5.78 Å². The van der Waals surface area contributed by atoms with Gasteiger partial charge in [0.15, 0.2) is 0 Å². The summed E-state index contributed by atoms with van der Waals surface area (Å²) < 4.78 is 0. The lowest BCUT2D eigenvalue weighted by Gasteiger charge is -2.07. The SMILES string of the molecule is O=C(C1CCCC1)C1CC1c1ccccc1. The van der Waals surface area contributed by atoms with Gasteiger partial charge >= 0.3 is 0 Å². The van der Waals surface area contributed by atoms with Gasteiger partial charge in [-0.2, -0.15) is 0 Å². The minimum absolute atomic E-state index is 0.352. The van der Waals surface area contributed by atoms with Crippen molar-refractivity contribution in [1.29, 1.82) is 0 Å². The fourth-order valence-electron chi connectivity index (χ4n) is 3.09. The Kier molecular flexibility index (Phi) is 2.55. The Labute approximate surface area is 96.9 Å². The Balaban J connectivity index is 1.65. The zero-order valence-electron chi connectivity index (χ0n) is 9.56. The monoisotopic (exact) mass is 214 g/mol. The third kappa shape index (κ3) is 1.79. The van der Waals surface area contributed by atoms with Crippen LogP contribution in [0.1, 0.15) is 43.6 Å². The molecule has 1 heteroatoms. The van der Waals surface area contributed by atoms with Crippen LogP contribution in [0.15, 0.2) is 30.3 Å². The predicted molar refractivity (Wildman–Crippen MR) is 64.3 cm³/mol. The Bertz CT molecular complexity index is 376. The number of benzene rings is 1. The van der Waals surface area contributed by atoms with E-state index in [9.17, 15) is 4.79 Å². The quantitative estimate of drug-likeness (QED) is 0.752. The molecule has 2 aliphatic carbocycles. The second kappa shape index (κ2) is 4.04. The highest BCUT2D eigenvalue weighted by Crippen LogP contribution is 2.50. The minimum Gasteiger partial charge on any atom is -0.299 e. The molecule has 2 saturated carbocycles. The smallest absolute Gasteiger partial charge is 0.139 e. The van der Waals surface area contributed by atoms with Crippen LogP contribution in [0.5, 0.6) is 0 Å². The topological polar surface area (TPSA) is 17.1 Å². The van der Waals surface area contributed by atoms with E-state index in [0.717, 1.165) is 19.3 Å². The van der Waals surface area contributed by atoms with E-state index in [1.54, 1.807) is 0 Å². The molecule has 0 bridgehead atoms. The van der Waals surface area contributed by atoms with E-state index in [4.69, 9.17) is 0 Å². The number of hydrogen-bond acceptors (Lipinski definition) is 1. The summed E-state index contributed by atoms with van der Waals surface area (Å²) in [5.41, 5.74) is 1.36. The first-order valence-corrected chi connectivity index (χ1v) is 6.45. The molecule has 0 radical (unpaired) electrons. The van der Waals surface area contributed by atoms with Gasteiger partial charge in [0.2, 0.25) is 0 Å². The van der Waals surface area contributed by atoms with Gasteiger partial charge in [-0.3, -0.25) is 4.79 Å². The molecule has 2 unspecified atom stereocenters. The van der Waals surface area contributed by atoms with Gasteiger partial charge in [-0.25, -0.2) is 0 Å². The van der Waals surface area contributed by atoms with Crippen LogP contribution in [0.2, 0.25) is 0 Å². The molecule has 1 nitrogen and oxygen atoms in total. The first kappa shape index (κ1) is 10.1. The van der Waals surface area contributed by atoms with Crippen LogP contribution in [0.25, 0.3) is 0 Å². The summed E-state index contributed by atoms with van der Waals surface area (Å²) in [6, 6.07) is 10.5. The summed E-state index contributed by atoms with van der Waals surface area (Å²) >= 11 is 0. The Morgan fingerprint density at radius 2 is 1.75 bits per heavy atom. The lowest BCUT2D eigenvalue weighted by Crippen LogP contribution is -2.13. The maximum Gasteiger partial charge on any atom is 0.139 e. The van der Waals surface area contributed by atoms with Crippen LogP contribution < -0.4 is 0 Å². The highest BCUT2D eigenvalue weighted by atomic mass is 16.1. The third-order valence-electron chi connectivity index (χ3n) is 4.14.